The monoisotopic (exact) mass is 320 g/mol. The van der Waals surface area contributed by atoms with Crippen molar-refractivity contribution >= 4 is 18.3 Å². The molecule has 0 aromatic rings. The smallest absolute Gasteiger partial charge is 0.220 e. The van der Waals surface area contributed by atoms with Gasteiger partial charge in [0.05, 0.1) is 0 Å². The van der Waals surface area contributed by atoms with Crippen LogP contribution in [0.15, 0.2) is 0 Å². The number of rotatable bonds is 8. The van der Waals surface area contributed by atoms with Gasteiger partial charge in [0.1, 0.15) is 0 Å². The van der Waals surface area contributed by atoms with E-state index in [0.29, 0.717) is 19.5 Å². The summed E-state index contributed by atoms with van der Waals surface area (Å²) in [5.41, 5.74) is 6.07. The Hall–Kier alpha value is -0.320. The van der Waals surface area contributed by atoms with Crippen LogP contribution in [0.2, 0.25) is 0 Å². The number of nitrogens with two attached hydrogens (primary N) is 1. The van der Waals surface area contributed by atoms with E-state index >= 15 is 0 Å². The van der Waals surface area contributed by atoms with Crippen molar-refractivity contribution < 1.29 is 9.53 Å². The third-order valence-corrected chi connectivity index (χ3v) is 4.63. The Bertz CT molecular complexity index is 303. The molecule has 1 amide bonds. The highest BCUT2D eigenvalue weighted by molar-refractivity contribution is 5.85. The lowest BCUT2D eigenvalue weighted by molar-refractivity contribution is -0.124. The number of hydrogen-bond acceptors (Lipinski definition) is 3. The predicted molar refractivity (Wildman–Crippen MR) is 89.7 cm³/mol. The molecule has 3 N–H and O–H groups in total. The molecule has 1 fully saturated rings. The summed E-state index contributed by atoms with van der Waals surface area (Å²) in [6, 6.07) is 0. The zero-order chi connectivity index (χ0) is 15.1. The molecule has 0 atom stereocenters. The van der Waals surface area contributed by atoms with E-state index in [9.17, 15) is 4.79 Å². The molecular weight excluding hydrogens is 288 g/mol. The molecule has 0 heterocycles. The number of halogens is 1. The third kappa shape index (κ3) is 7.48. The first-order chi connectivity index (χ1) is 9.43. The van der Waals surface area contributed by atoms with Crippen LogP contribution in [-0.2, 0) is 9.53 Å². The summed E-state index contributed by atoms with van der Waals surface area (Å²) in [6.45, 7) is 6.39. The van der Waals surface area contributed by atoms with Crippen LogP contribution in [0.4, 0.5) is 0 Å². The molecule has 1 aliphatic rings. The second-order valence-corrected chi connectivity index (χ2v) is 7.13. The highest BCUT2D eigenvalue weighted by Crippen LogP contribution is 2.38. The van der Waals surface area contributed by atoms with Gasteiger partial charge in [0.15, 0.2) is 0 Å². The molecule has 4 nitrogen and oxygen atoms in total. The van der Waals surface area contributed by atoms with Crippen molar-refractivity contribution in [1.82, 2.24) is 5.32 Å². The number of methoxy groups -OCH3 is 1. The van der Waals surface area contributed by atoms with Crippen LogP contribution in [0.3, 0.4) is 0 Å². The average Bonchev–Trinajstić information content (AvgIpc) is 2.44. The quantitative estimate of drug-likeness (QED) is 0.722. The van der Waals surface area contributed by atoms with E-state index in [1.807, 2.05) is 0 Å². The van der Waals surface area contributed by atoms with E-state index in [-0.39, 0.29) is 29.1 Å². The molecule has 21 heavy (non-hydrogen) atoms. The van der Waals surface area contributed by atoms with Crippen LogP contribution < -0.4 is 11.1 Å². The molecule has 0 bridgehead atoms. The van der Waals surface area contributed by atoms with Crippen LogP contribution in [0.25, 0.3) is 0 Å². The number of hydrogen-bond donors (Lipinski definition) is 2. The fraction of sp³-hybridized carbons (Fsp3) is 0.938. The second-order valence-electron chi connectivity index (χ2n) is 7.13. The van der Waals surface area contributed by atoms with Gasteiger partial charge in [0.25, 0.3) is 0 Å². The first kappa shape index (κ1) is 20.7. The van der Waals surface area contributed by atoms with Gasteiger partial charge in [0, 0.05) is 26.7 Å². The van der Waals surface area contributed by atoms with Gasteiger partial charge in [-0.3, -0.25) is 4.79 Å². The average molecular weight is 321 g/mol. The van der Waals surface area contributed by atoms with E-state index in [4.69, 9.17) is 10.5 Å². The number of amides is 1. The minimum absolute atomic E-state index is 0. The topological polar surface area (TPSA) is 64.3 Å². The number of carbonyl (C=O) groups excluding carboxylic acids is 1. The Balaban J connectivity index is 0.00000400. The Kier molecular flexibility index (Phi) is 9.50. The van der Waals surface area contributed by atoms with E-state index in [0.717, 1.165) is 25.9 Å². The zero-order valence-corrected chi connectivity index (χ0v) is 14.7. The van der Waals surface area contributed by atoms with Crippen molar-refractivity contribution in [2.75, 3.05) is 26.8 Å². The Morgan fingerprint density at radius 3 is 2.43 bits per heavy atom. The van der Waals surface area contributed by atoms with Crippen LogP contribution in [-0.4, -0.2) is 32.7 Å². The van der Waals surface area contributed by atoms with Crippen molar-refractivity contribution in [3.05, 3.63) is 0 Å². The maximum Gasteiger partial charge on any atom is 0.220 e. The van der Waals surface area contributed by atoms with E-state index < -0.39 is 0 Å². The summed E-state index contributed by atoms with van der Waals surface area (Å²) in [6.07, 6.45) is 7.45. The van der Waals surface area contributed by atoms with Crippen LogP contribution in [0.1, 0.15) is 58.8 Å². The lowest BCUT2D eigenvalue weighted by atomic mass is 9.71. The molecule has 1 saturated carbocycles. The van der Waals surface area contributed by atoms with Gasteiger partial charge in [-0.2, -0.15) is 0 Å². The van der Waals surface area contributed by atoms with Gasteiger partial charge in [-0.25, -0.2) is 0 Å². The summed E-state index contributed by atoms with van der Waals surface area (Å²) in [5.74, 6) is 0.155. The number of nitrogens with one attached hydrogen (secondary N) is 1. The predicted octanol–water partition coefficient (Wildman–Crippen LogP) is 2.89. The fourth-order valence-electron chi connectivity index (χ4n) is 2.96. The highest BCUT2D eigenvalue weighted by Gasteiger charge is 2.33. The van der Waals surface area contributed by atoms with E-state index in [2.05, 4.69) is 19.2 Å². The highest BCUT2D eigenvalue weighted by atomic mass is 35.5. The van der Waals surface area contributed by atoms with E-state index in [1.165, 1.54) is 19.3 Å². The first-order valence-electron chi connectivity index (χ1n) is 7.89. The standard InChI is InChI=1S/C16H32N2O2.ClH/c1-15(2,9-10-20-3)13-18-14(19)11-16(12-17)7-5-4-6-8-16;/h4-13,17H2,1-3H3,(H,18,19);1H. The van der Waals surface area contributed by atoms with Crippen molar-refractivity contribution in [3.8, 4) is 0 Å². The molecule has 1 aliphatic carbocycles. The largest absolute Gasteiger partial charge is 0.385 e. The van der Waals surface area contributed by atoms with Crippen molar-refractivity contribution in [1.29, 1.82) is 0 Å². The number of ether oxygens (including phenoxy) is 1. The molecule has 0 saturated heterocycles. The summed E-state index contributed by atoms with van der Waals surface area (Å²) in [5, 5.41) is 3.09. The molecule has 0 aliphatic heterocycles. The first-order valence-corrected chi connectivity index (χ1v) is 7.89. The normalized spacial score (nSPS) is 17.9. The van der Waals surface area contributed by atoms with Crippen LogP contribution in [0, 0.1) is 10.8 Å². The fourth-order valence-corrected chi connectivity index (χ4v) is 2.96. The molecule has 0 unspecified atom stereocenters. The summed E-state index contributed by atoms with van der Waals surface area (Å²) in [4.78, 5) is 12.2. The molecule has 126 valence electrons. The molecular formula is C16H33ClN2O2. The van der Waals surface area contributed by atoms with Crippen molar-refractivity contribution in [3.63, 3.8) is 0 Å². The summed E-state index contributed by atoms with van der Waals surface area (Å²) < 4.78 is 5.11. The lowest BCUT2D eigenvalue weighted by Gasteiger charge is -2.36. The Morgan fingerprint density at radius 2 is 1.90 bits per heavy atom. The van der Waals surface area contributed by atoms with Gasteiger partial charge in [-0.1, -0.05) is 33.1 Å². The minimum atomic E-state index is 0. The molecule has 0 aromatic heterocycles. The van der Waals surface area contributed by atoms with Crippen LogP contribution in [0.5, 0.6) is 0 Å². The second kappa shape index (κ2) is 9.65. The Morgan fingerprint density at radius 1 is 1.29 bits per heavy atom. The maximum absolute atomic E-state index is 12.2. The molecule has 0 radical (unpaired) electrons. The van der Waals surface area contributed by atoms with Gasteiger partial charge in [-0.05, 0) is 36.6 Å². The third-order valence-electron chi connectivity index (χ3n) is 4.63. The Labute approximate surface area is 136 Å². The molecule has 0 spiro atoms. The molecule has 0 aromatic carbocycles. The van der Waals surface area contributed by atoms with Crippen LogP contribution >= 0.6 is 12.4 Å². The minimum Gasteiger partial charge on any atom is -0.385 e. The number of carbonyl (C=O) groups is 1. The SMILES string of the molecule is COCCC(C)(C)CNC(=O)CC1(CN)CCCCC1.Cl. The zero-order valence-electron chi connectivity index (χ0n) is 13.9. The molecule has 5 heteroatoms. The van der Waals surface area contributed by atoms with Gasteiger partial charge in [0.2, 0.25) is 5.91 Å². The van der Waals surface area contributed by atoms with Gasteiger partial charge < -0.3 is 15.8 Å². The van der Waals surface area contributed by atoms with Crippen molar-refractivity contribution in [2.45, 2.75) is 58.8 Å². The van der Waals surface area contributed by atoms with Gasteiger partial charge >= 0.3 is 0 Å². The van der Waals surface area contributed by atoms with E-state index in [1.54, 1.807) is 7.11 Å². The van der Waals surface area contributed by atoms with Gasteiger partial charge in [-0.15, -0.1) is 12.4 Å². The summed E-state index contributed by atoms with van der Waals surface area (Å²) >= 11 is 0. The lowest BCUT2D eigenvalue weighted by Crippen LogP contribution is -2.41. The van der Waals surface area contributed by atoms with Crippen molar-refractivity contribution in [2.24, 2.45) is 16.6 Å². The molecule has 1 rings (SSSR count). The maximum atomic E-state index is 12.2. The summed E-state index contributed by atoms with van der Waals surface area (Å²) in [7, 11) is 1.71.